The lowest BCUT2D eigenvalue weighted by Gasteiger charge is -2.05. The first-order valence-electron chi connectivity index (χ1n) is 6.56. The van der Waals surface area contributed by atoms with Crippen LogP contribution in [0.1, 0.15) is 15.9 Å². The molecule has 0 aromatic heterocycles. The van der Waals surface area contributed by atoms with Crippen LogP contribution in [0.3, 0.4) is 0 Å². The molecule has 0 radical (unpaired) electrons. The number of nitrogens with two attached hydrogens (primary N) is 2. The Bertz CT molecular complexity index is 691. The second kappa shape index (κ2) is 8.84. The molecule has 23 heavy (non-hydrogen) atoms. The van der Waals surface area contributed by atoms with E-state index in [9.17, 15) is 14.9 Å². The van der Waals surface area contributed by atoms with E-state index in [1.807, 2.05) is 0 Å². The molecule has 0 heterocycles. The lowest BCUT2D eigenvalue weighted by molar-refractivity contribution is -0.383. The number of nitro groups is 1. The minimum atomic E-state index is -0.645. The second-order valence-corrected chi connectivity index (χ2v) is 4.76. The van der Waals surface area contributed by atoms with Crippen molar-refractivity contribution in [3.63, 3.8) is 0 Å². The monoisotopic (exact) mass is 337 g/mol. The minimum Gasteiger partial charge on any atom is -0.395 e. The Balaban J connectivity index is 0.000000593. The highest BCUT2D eigenvalue weighted by Crippen LogP contribution is 2.30. The molecule has 0 aliphatic rings. The van der Waals surface area contributed by atoms with Crippen LogP contribution in [0.2, 0.25) is 5.02 Å². The highest BCUT2D eigenvalue weighted by atomic mass is 35.5. The number of carbonyl (C=O) groups is 1. The predicted molar refractivity (Wildman–Crippen MR) is 88.5 cm³/mol. The molecule has 2 aromatic carbocycles. The van der Waals surface area contributed by atoms with Crippen LogP contribution < -0.4 is 11.5 Å². The Kier molecular flexibility index (Phi) is 7.14. The highest BCUT2D eigenvalue weighted by Gasteiger charge is 2.20. The summed E-state index contributed by atoms with van der Waals surface area (Å²) in [4.78, 5) is 22.4. The summed E-state index contributed by atoms with van der Waals surface area (Å²) in [6.45, 7) is 0.472. The van der Waals surface area contributed by atoms with Crippen molar-refractivity contribution in [2.45, 2.75) is 0 Å². The minimum absolute atomic E-state index is 0.0637. The maximum absolute atomic E-state index is 12.2. The molecule has 0 saturated carbocycles. The van der Waals surface area contributed by atoms with E-state index in [1.165, 1.54) is 6.07 Å². The van der Waals surface area contributed by atoms with Crippen LogP contribution >= 0.6 is 11.6 Å². The summed E-state index contributed by atoms with van der Waals surface area (Å²) in [6, 6.07) is 10.7. The Morgan fingerprint density at radius 1 is 1.26 bits per heavy atom. The van der Waals surface area contributed by atoms with Crippen molar-refractivity contribution in [1.29, 1.82) is 0 Å². The van der Waals surface area contributed by atoms with Crippen LogP contribution in [-0.2, 0) is 0 Å². The molecule has 5 N–H and O–H groups in total. The number of aliphatic hydroxyl groups excluding tert-OH is 1. The third kappa shape index (κ3) is 5.03. The first-order chi connectivity index (χ1) is 10.9. The molecule has 8 heteroatoms. The molecular weight excluding hydrogens is 322 g/mol. The molecule has 0 aliphatic carbocycles. The largest absolute Gasteiger partial charge is 0.395 e. The van der Waals surface area contributed by atoms with Crippen molar-refractivity contribution in [2.75, 3.05) is 18.9 Å². The molecule has 0 fully saturated rings. The van der Waals surface area contributed by atoms with Gasteiger partial charge < -0.3 is 16.6 Å². The van der Waals surface area contributed by atoms with Gasteiger partial charge in [0.15, 0.2) is 5.78 Å². The average molecular weight is 338 g/mol. The van der Waals surface area contributed by atoms with Crippen LogP contribution in [0.15, 0.2) is 42.5 Å². The van der Waals surface area contributed by atoms with Gasteiger partial charge in [0.2, 0.25) is 0 Å². The molecule has 0 unspecified atom stereocenters. The predicted octanol–water partition coefficient (Wildman–Crippen LogP) is 2.00. The summed E-state index contributed by atoms with van der Waals surface area (Å²) < 4.78 is 0. The Labute approximate surface area is 137 Å². The normalized spacial score (nSPS) is 9.70. The number of nitrogen functional groups attached to an aromatic ring is 1. The lowest BCUT2D eigenvalue weighted by Crippen LogP contribution is -2.05. The standard InChI is InChI=1S/C13H9ClN2O3.C2H7NO/c14-10-7-11(15)12(16(18)19)6-9(10)13(17)8-4-2-1-3-5-8;3-1-2-4/h1-7H,15H2;4H,1-3H2. The number of nitrogens with zero attached hydrogens (tertiary/aromatic N) is 1. The number of aliphatic hydroxyl groups is 1. The summed E-state index contributed by atoms with van der Waals surface area (Å²) in [6.07, 6.45) is 0. The van der Waals surface area contributed by atoms with Crippen LogP contribution in [0.4, 0.5) is 11.4 Å². The van der Waals surface area contributed by atoms with Crippen molar-refractivity contribution in [3.8, 4) is 0 Å². The Hall–Kier alpha value is -2.48. The van der Waals surface area contributed by atoms with Gasteiger partial charge in [-0.15, -0.1) is 0 Å². The molecule has 0 saturated heterocycles. The molecule has 0 atom stereocenters. The number of halogens is 1. The van der Waals surface area contributed by atoms with Gasteiger partial charge in [0.25, 0.3) is 5.69 Å². The van der Waals surface area contributed by atoms with Crippen molar-refractivity contribution >= 4 is 28.8 Å². The van der Waals surface area contributed by atoms with E-state index >= 15 is 0 Å². The Morgan fingerprint density at radius 2 is 1.83 bits per heavy atom. The van der Waals surface area contributed by atoms with Crippen molar-refractivity contribution in [2.24, 2.45) is 5.73 Å². The summed E-state index contributed by atoms with van der Waals surface area (Å²) in [7, 11) is 0. The number of ketones is 1. The molecule has 0 amide bonds. The fraction of sp³-hybridized carbons (Fsp3) is 0.133. The first kappa shape index (κ1) is 18.6. The number of benzene rings is 2. The zero-order chi connectivity index (χ0) is 17.4. The van der Waals surface area contributed by atoms with Crippen molar-refractivity contribution in [3.05, 3.63) is 68.7 Å². The van der Waals surface area contributed by atoms with Crippen LogP contribution in [0.5, 0.6) is 0 Å². The lowest BCUT2D eigenvalue weighted by atomic mass is 10.0. The molecule has 0 spiro atoms. The Morgan fingerprint density at radius 3 is 2.30 bits per heavy atom. The number of rotatable bonds is 4. The molecular formula is C15H16ClN3O4. The zero-order valence-corrected chi connectivity index (χ0v) is 12.9. The van der Waals surface area contributed by atoms with Crippen LogP contribution in [0, 0.1) is 10.1 Å². The van der Waals surface area contributed by atoms with Gasteiger partial charge >= 0.3 is 0 Å². The molecule has 122 valence electrons. The summed E-state index contributed by atoms with van der Waals surface area (Å²) >= 11 is 5.93. The van der Waals surface area contributed by atoms with E-state index < -0.39 is 4.92 Å². The number of carbonyl (C=O) groups excluding carboxylic acids is 1. The molecule has 0 bridgehead atoms. The second-order valence-electron chi connectivity index (χ2n) is 4.36. The number of anilines is 1. The first-order valence-corrected chi connectivity index (χ1v) is 6.94. The van der Waals surface area contributed by atoms with Gasteiger partial charge in [-0.25, -0.2) is 0 Å². The van der Waals surface area contributed by atoms with E-state index in [2.05, 4.69) is 0 Å². The molecule has 2 aromatic rings. The highest BCUT2D eigenvalue weighted by molar-refractivity contribution is 6.35. The summed E-state index contributed by atoms with van der Waals surface area (Å²) in [5.74, 6) is -0.381. The smallest absolute Gasteiger partial charge is 0.292 e. The molecule has 7 nitrogen and oxygen atoms in total. The van der Waals surface area contributed by atoms with Gasteiger partial charge in [0.05, 0.1) is 16.6 Å². The topological polar surface area (TPSA) is 132 Å². The third-order valence-electron chi connectivity index (χ3n) is 2.72. The zero-order valence-electron chi connectivity index (χ0n) is 12.1. The number of hydrogen-bond donors (Lipinski definition) is 3. The van der Waals surface area contributed by atoms with Gasteiger partial charge in [-0.3, -0.25) is 14.9 Å². The van der Waals surface area contributed by atoms with Gasteiger partial charge in [-0.1, -0.05) is 41.9 Å². The van der Waals surface area contributed by atoms with E-state index in [0.29, 0.717) is 12.1 Å². The average Bonchev–Trinajstić information content (AvgIpc) is 2.55. The van der Waals surface area contributed by atoms with E-state index in [-0.39, 0.29) is 34.4 Å². The van der Waals surface area contributed by atoms with Gasteiger partial charge in [0.1, 0.15) is 5.69 Å². The maximum Gasteiger partial charge on any atom is 0.292 e. The third-order valence-corrected chi connectivity index (χ3v) is 3.04. The summed E-state index contributed by atoms with van der Waals surface area (Å²) in [5.41, 5.74) is 10.3. The van der Waals surface area contributed by atoms with Gasteiger partial charge in [-0.2, -0.15) is 0 Å². The van der Waals surface area contributed by atoms with Crippen LogP contribution in [-0.4, -0.2) is 29.0 Å². The quantitative estimate of drug-likeness (QED) is 0.338. The van der Waals surface area contributed by atoms with Crippen molar-refractivity contribution < 1.29 is 14.8 Å². The van der Waals surface area contributed by atoms with Crippen molar-refractivity contribution in [1.82, 2.24) is 0 Å². The molecule has 0 aliphatic heterocycles. The van der Waals surface area contributed by atoms with E-state index in [0.717, 1.165) is 6.07 Å². The maximum atomic E-state index is 12.2. The van der Waals surface area contributed by atoms with E-state index in [4.69, 9.17) is 28.2 Å². The van der Waals surface area contributed by atoms with Gasteiger partial charge in [0, 0.05) is 23.7 Å². The number of hydrogen-bond acceptors (Lipinski definition) is 6. The van der Waals surface area contributed by atoms with Gasteiger partial charge in [-0.05, 0) is 6.07 Å². The summed E-state index contributed by atoms with van der Waals surface area (Å²) in [5, 5.41) is 18.7. The van der Waals surface area contributed by atoms with Crippen LogP contribution in [0.25, 0.3) is 0 Å². The molecule has 2 rings (SSSR count). The SMILES string of the molecule is NCCO.Nc1cc(Cl)c(C(=O)c2ccccc2)cc1[N+](=O)[O-]. The number of nitro benzene ring substituents is 1. The van der Waals surface area contributed by atoms with E-state index in [1.54, 1.807) is 30.3 Å². The fourth-order valence-corrected chi connectivity index (χ4v) is 1.91. The fourth-order valence-electron chi connectivity index (χ4n) is 1.65.